The van der Waals surface area contributed by atoms with E-state index in [1.54, 1.807) is 30.5 Å². The van der Waals surface area contributed by atoms with Crippen LogP contribution in [0.4, 0.5) is 5.69 Å². The quantitative estimate of drug-likeness (QED) is 0.0111. The van der Waals surface area contributed by atoms with Crippen LogP contribution in [0.15, 0.2) is 54.7 Å². The third-order valence-electron chi connectivity index (χ3n) is 17.9. The maximum Gasteiger partial charge on any atom is 0.329 e. The number of benzene rings is 2. The number of aromatic nitrogens is 1. The Morgan fingerprint density at radius 2 is 1.04 bits per heavy atom. The number of ketones is 1. The van der Waals surface area contributed by atoms with Gasteiger partial charge in [0.15, 0.2) is 5.78 Å². The van der Waals surface area contributed by atoms with Crippen LogP contribution in [0.25, 0.3) is 10.9 Å². The average Bonchev–Trinajstić information content (AvgIpc) is 1.72. The van der Waals surface area contributed by atoms with Gasteiger partial charge >= 0.3 is 29.8 Å². The summed E-state index contributed by atoms with van der Waals surface area (Å²) in [5.41, 5.74) is 18.0. The number of aliphatic hydroxyl groups is 2. The number of nitrogens with one attached hydrogen (secondary N) is 14. The first-order valence-electron chi connectivity index (χ1n) is 37.0. The molecule has 3 aromatic rings. The predicted molar refractivity (Wildman–Crippen MR) is 402 cm³/mol. The van der Waals surface area contributed by atoms with Gasteiger partial charge in [-0.15, -0.1) is 0 Å². The number of aliphatic hydroxyl groups excluding tert-OH is 2. The van der Waals surface area contributed by atoms with Crippen molar-refractivity contribution in [2.75, 3.05) is 38.6 Å². The number of ether oxygens (including phenoxy) is 1. The third kappa shape index (κ3) is 32.4. The summed E-state index contributed by atoms with van der Waals surface area (Å²) in [6.07, 6.45) is -2.66. The summed E-state index contributed by atoms with van der Waals surface area (Å²) in [4.78, 5) is 276. The van der Waals surface area contributed by atoms with E-state index in [0.717, 1.165) is 46.0 Å². The first-order valence-corrected chi connectivity index (χ1v) is 37.0. The number of cyclic esters (lactones) is 1. The minimum atomic E-state index is -2.47. The van der Waals surface area contributed by atoms with Gasteiger partial charge in [0.05, 0.1) is 58.4 Å². The number of carbonyl (C=O) groups is 20. The van der Waals surface area contributed by atoms with E-state index in [-0.39, 0.29) is 37.1 Å². The van der Waals surface area contributed by atoms with Crippen LogP contribution in [0.1, 0.15) is 139 Å². The second kappa shape index (κ2) is 48.4. The molecule has 0 aliphatic carbocycles. The Labute approximate surface area is 662 Å². The number of primary amides is 1. The molecule has 44 heteroatoms. The molecule has 14 amide bonds. The SMILES string of the molecule is CCCCCCCCCC(=O)N[C@@H](Cc1c[nH]c2ccccc12)C(=O)N[C@@H](CC(N)=O)C(=O)N[C@@H](CC(=O)O)C(=O)NC1C(=O)NCC(=O)N[C@H](CCCN)C(=O)NC(CC(=O)O)C(=O)NC(CO)C(=O)N[C@@H](CC(=O)O)C(=O)NCC(=O)NC(CO)C(=O)N[C@@H]([C@H](C)CC(=O)O)C(=O)N[C@@H](CC(=O)c2ccccc2N)C(=O)OC1C. The molecule has 1 aromatic heterocycles. The van der Waals surface area contributed by atoms with Crippen LogP contribution in [-0.2, 0) is 102 Å². The lowest BCUT2D eigenvalue weighted by Gasteiger charge is -2.30. The molecule has 2 heterocycles. The Bertz CT molecular complexity index is 4060. The number of H-pyrrole nitrogens is 1. The Kier molecular flexibility index (Phi) is 39.9. The molecule has 4 rings (SSSR count). The lowest BCUT2D eigenvalue weighted by molar-refractivity contribution is -0.156. The van der Waals surface area contributed by atoms with Gasteiger partial charge in [-0.05, 0) is 62.4 Å². The smallest absolute Gasteiger partial charge is 0.329 e. The molecule has 1 aliphatic heterocycles. The summed E-state index contributed by atoms with van der Waals surface area (Å²) < 4.78 is 5.67. The Balaban J connectivity index is 1.88. The average molecular weight is 1640 g/mol. The Hall–Kier alpha value is -12.7. The van der Waals surface area contributed by atoms with E-state index in [0.29, 0.717) is 29.3 Å². The van der Waals surface area contributed by atoms with E-state index in [9.17, 15) is 127 Å². The van der Waals surface area contributed by atoms with Crippen molar-refractivity contribution in [2.45, 2.75) is 202 Å². The number of carboxylic acid groups (broad SMARTS) is 4. The number of hydrogen-bond acceptors (Lipinski definition) is 25. The highest BCUT2D eigenvalue weighted by Gasteiger charge is 2.41. The van der Waals surface area contributed by atoms with Crippen molar-refractivity contribution in [3.63, 3.8) is 0 Å². The fourth-order valence-electron chi connectivity index (χ4n) is 11.8. The summed E-state index contributed by atoms with van der Waals surface area (Å²) >= 11 is 0. The van der Waals surface area contributed by atoms with Gasteiger partial charge in [-0.25, -0.2) is 4.79 Å². The predicted octanol–water partition coefficient (Wildman–Crippen LogP) is -6.65. The molecule has 1 saturated heterocycles. The van der Waals surface area contributed by atoms with Crippen LogP contribution in [-0.4, -0.2) is 259 Å². The molecule has 0 radical (unpaired) electrons. The highest BCUT2D eigenvalue weighted by Crippen LogP contribution is 2.22. The van der Waals surface area contributed by atoms with Gasteiger partial charge in [-0.1, -0.05) is 82.7 Å². The van der Waals surface area contributed by atoms with Crippen molar-refractivity contribution in [3.8, 4) is 0 Å². The zero-order valence-corrected chi connectivity index (χ0v) is 63.7. The van der Waals surface area contributed by atoms with E-state index in [1.165, 1.54) is 24.3 Å². The molecule has 44 nitrogen and oxygen atoms in total. The Morgan fingerprint density at radius 1 is 0.534 bits per heavy atom. The van der Waals surface area contributed by atoms with Gasteiger partial charge < -0.3 is 127 Å². The van der Waals surface area contributed by atoms with Crippen molar-refractivity contribution in [3.05, 3.63) is 65.9 Å². The molecule has 1 fully saturated rings. The number of unbranched alkanes of at least 4 members (excludes halogenated alkanes) is 6. The zero-order chi connectivity index (χ0) is 86.5. The van der Waals surface area contributed by atoms with Crippen LogP contribution in [0, 0.1) is 5.92 Å². The van der Waals surface area contributed by atoms with Crippen LogP contribution < -0.4 is 86.3 Å². The van der Waals surface area contributed by atoms with Crippen LogP contribution in [0.2, 0.25) is 0 Å². The largest absolute Gasteiger partial charge is 0.481 e. The standard InChI is InChI=1S/C72H101N17O27/c1-4-5-6-7-8-9-10-21-53(94)80-43(24-37-30-76-41-19-14-12-16-38(37)41)64(107)82-44(26-52(75)93)65(108)85-47(29-59(103)104)67(110)89-61-36(3)116-72(115)48(25-51(92)39-17-11-13-18-40(39)74)86-71(114)60(35(2)23-56(97)98)88-69(112)49(33-90)81-55(96)31-77-62(105)45(27-57(99)100)83-68(111)50(34-91)87-66(109)46(28-58(101)102)84-63(106)42(20-15-22-73)79-54(95)32-78-70(61)113/h11-14,16-19,30,35-36,42-50,60-61,76,90-91H,4-10,15,20-29,31-34,73-74H2,1-3H3,(H2,75,93)(H,77,105)(H,78,113)(H,79,95)(H,80,94)(H,81,96)(H,82,107)(H,83,111)(H,84,106)(H,85,108)(H,86,114)(H,87,109)(H,88,112)(H,89,110)(H,97,98)(H,99,100)(H,101,102)(H,103,104)/t35-,36?,42-,43+,44+,45+,46?,47+,48+,49?,50?,60+,61?/m1/s1. The van der Waals surface area contributed by atoms with Crippen LogP contribution in [0.3, 0.4) is 0 Å². The number of nitrogens with two attached hydrogens (primary N) is 3. The maximum absolute atomic E-state index is 14.8. The normalized spacial score (nSPS) is 21.1. The molecule has 1 aliphatic rings. The van der Waals surface area contributed by atoms with Crippen molar-refractivity contribution < 1.29 is 131 Å². The number of amides is 14. The fraction of sp³-hybridized carbons (Fsp3) is 0.528. The van der Waals surface area contributed by atoms with E-state index in [2.05, 4.69) is 59.8 Å². The second-order valence-electron chi connectivity index (χ2n) is 27.3. The summed E-state index contributed by atoms with van der Waals surface area (Å²) in [7, 11) is 0. The van der Waals surface area contributed by atoms with Gasteiger partial charge in [-0.2, -0.15) is 0 Å². The summed E-state index contributed by atoms with van der Waals surface area (Å²) in [6, 6.07) is -11.4. The number of esters is 1. The van der Waals surface area contributed by atoms with Gasteiger partial charge in [-0.3, -0.25) is 91.1 Å². The zero-order valence-electron chi connectivity index (χ0n) is 63.7. The minimum absolute atomic E-state index is 0.0240. The number of aromatic amines is 1. The van der Waals surface area contributed by atoms with Gasteiger partial charge in [0.1, 0.15) is 72.6 Å². The fourth-order valence-corrected chi connectivity index (χ4v) is 11.8. The molecule has 0 bridgehead atoms. The first-order chi connectivity index (χ1) is 54.9. The molecule has 13 atom stereocenters. The highest BCUT2D eigenvalue weighted by molar-refractivity contribution is 6.05. The van der Waals surface area contributed by atoms with Gasteiger partial charge in [0, 0.05) is 47.6 Å². The monoisotopic (exact) mass is 1640 g/mol. The second-order valence-corrected chi connectivity index (χ2v) is 27.3. The Morgan fingerprint density at radius 3 is 1.63 bits per heavy atom. The molecule has 26 N–H and O–H groups in total. The molecule has 5 unspecified atom stereocenters. The number of anilines is 1. The van der Waals surface area contributed by atoms with E-state index in [4.69, 9.17) is 21.9 Å². The van der Waals surface area contributed by atoms with Gasteiger partial charge in [0.2, 0.25) is 82.7 Å². The number of rotatable bonds is 36. The van der Waals surface area contributed by atoms with Crippen molar-refractivity contribution in [1.29, 1.82) is 0 Å². The summed E-state index contributed by atoms with van der Waals surface area (Å²) in [6.45, 7) is -1.38. The van der Waals surface area contributed by atoms with Crippen molar-refractivity contribution >= 4 is 135 Å². The van der Waals surface area contributed by atoms with E-state index >= 15 is 0 Å². The minimum Gasteiger partial charge on any atom is -0.481 e. The number of Topliss-reactive ketones (excluding diaryl/α,β-unsaturated/α-hetero) is 1. The number of fused-ring (bicyclic) bond motifs is 1. The maximum atomic E-state index is 14.8. The molecular weight excluding hydrogens is 1530 g/mol. The third-order valence-corrected chi connectivity index (χ3v) is 17.9. The van der Waals surface area contributed by atoms with E-state index < -0.39 is 268 Å². The topological polar surface area (TPSA) is 722 Å². The molecule has 2 aromatic carbocycles. The number of aliphatic carboxylic acids is 4. The molecule has 0 saturated carbocycles. The molecular formula is C72H101N17O27. The highest BCUT2D eigenvalue weighted by atomic mass is 16.5. The number of carbonyl (C=O) groups excluding carboxylic acids is 16. The van der Waals surface area contributed by atoms with Crippen molar-refractivity contribution in [1.82, 2.24) is 74.1 Å². The lowest BCUT2D eigenvalue weighted by atomic mass is 9.96. The molecule has 636 valence electrons. The van der Waals surface area contributed by atoms with Crippen LogP contribution in [0.5, 0.6) is 0 Å². The molecule has 116 heavy (non-hydrogen) atoms. The summed E-state index contributed by atoms with van der Waals surface area (Å²) in [5.74, 6) is -30.6. The van der Waals surface area contributed by atoms with Crippen LogP contribution >= 0.6 is 0 Å². The lowest BCUT2D eigenvalue weighted by Crippen LogP contribution is -2.62. The molecule has 0 spiro atoms. The van der Waals surface area contributed by atoms with Gasteiger partial charge in [0.25, 0.3) is 0 Å². The number of nitrogen functional groups attached to an aromatic ring is 1. The van der Waals surface area contributed by atoms with E-state index in [1.807, 2.05) is 21.3 Å². The number of para-hydroxylation sites is 2. The summed E-state index contributed by atoms with van der Waals surface area (Å²) in [5, 5.41) is 88.4. The van der Waals surface area contributed by atoms with Crippen molar-refractivity contribution in [2.24, 2.45) is 17.4 Å². The number of hydrogen-bond donors (Lipinski definition) is 23. The first kappa shape index (κ1) is 95.6. The number of carboxylic acids is 4.